The van der Waals surface area contributed by atoms with E-state index in [0.717, 1.165) is 16.8 Å². The van der Waals surface area contributed by atoms with Crippen molar-refractivity contribution in [3.05, 3.63) is 59.3 Å². The fourth-order valence-corrected chi connectivity index (χ4v) is 6.96. The normalized spacial score (nSPS) is 25.5. The van der Waals surface area contributed by atoms with Gasteiger partial charge in [0.1, 0.15) is 6.04 Å². The standard InChI is InChI=1S/C35H49F2N3O4/c1-9-44-32(42)29-26(34(5,6)7)27(38-21-24-17-18-25(33(2,3)4)39-30(24)43-8)28(22-14-11-10-12-15-22)40(29)31(41)23-16-13-19-35(36,37)20-23/h10-12,14-15,17-18,23,26-29,38H,9,13,16,19-21H2,1-8H3/t23-,26+,27+,28+,29+/m1/s1. The largest absolute Gasteiger partial charge is 0.481 e. The zero-order chi connectivity index (χ0) is 32.4. The van der Waals surface area contributed by atoms with Gasteiger partial charge in [-0.05, 0) is 36.8 Å². The summed E-state index contributed by atoms with van der Waals surface area (Å²) in [5, 5.41) is 3.70. The third-order valence-corrected chi connectivity index (χ3v) is 9.01. The lowest BCUT2D eigenvalue weighted by molar-refractivity contribution is -0.160. The minimum Gasteiger partial charge on any atom is -0.481 e. The Morgan fingerprint density at radius 3 is 2.32 bits per heavy atom. The molecule has 242 valence electrons. The summed E-state index contributed by atoms with van der Waals surface area (Å²) in [6, 6.07) is 11.6. The molecule has 1 aliphatic carbocycles. The molecule has 5 atom stereocenters. The van der Waals surface area contributed by atoms with Crippen LogP contribution in [0.2, 0.25) is 0 Å². The van der Waals surface area contributed by atoms with Crippen molar-refractivity contribution in [2.75, 3.05) is 13.7 Å². The molecule has 0 unspecified atom stereocenters. The first-order valence-electron chi connectivity index (χ1n) is 15.8. The molecule has 1 aliphatic heterocycles. The lowest BCUT2D eigenvalue weighted by atomic mass is 9.72. The molecule has 2 aliphatic rings. The molecule has 7 nitrogen and oxygen atoms in total. The van der Waals surface area contributed by atoms with E-state index in [0.29, 0.717) is 18.8 Å². The number of amides is 1. The number of esters is 1. The number of nitrogens with one attached hydrogen (secondary N) is 1. The van der Waals surface area contributed by atoms with Gasteiger partial charge >= 0.3 is 5.97 Å². The van der Waals surface area contributed by atoms with Crippen LogP contribution in [-0.4, -0.2) is 53.5 Å². The first kappa shape index (κ1) is 33.8. The van der Waals surface area contributed by atoms with Gasteiger partial charge in [0.25, 0.3) is 0 Å². The van der Waals surface area contributed by atoms with Crippen molar-refractivity contribution in [2.24, 2.45) is 17.3 Å². The summed E-state index contributed by atoms with van der Waals surface area (Å²) in [5.41, 5.74) is 1.94. The van der Waals surface area contributed by atoms with Crippen molar-refractivity contribution in [3.63, 3.8) is 0 Å². The van der Waals surface area contributed by atoms with Gasteiger partial charge in [0.15, 0.2) is 0 Å². The van der Waals surface area contributed by atoms with E-state index in [9.17, 15) is 18.4 Å². The molecule has 1 amide bonds. The molecule has 0 bridgehead atoms. The topological polar surface area (TPSA) is 80.8 Å². The van der Waals surface area contributed by atoms with Crippen molar-refractivity contribution in [1.82, 2.24) is 15.2 Å². The molecule has 9 heteroatoms. The smallest absolute Gasteiger partial charge is 0.329 e. The number of ether oxygens (including phenoxy) is 2. The summed E-state index contributed by atoms with van der Waals surface area (Å²) in [6.45, 7) is 14.6. The third kappa shape index (κ3) is 7.24. The average Bonchev–Trinajstić information content (AvgIpc) is 3.31. The van der Waals surface area contributed by atoms with Crippen LogP contribution < -0.4 is 10.1 Å². The van der Waals surface area contributed by atoms with Crippen LogP contribution in [0, 0.1) is 17.3 Å². The molecule has 44 heavy (non-hydrogen) atoms. The molecule has 1 N–H and O–H groups in total. The molecule has 2 fully saturated rings. The van der Waals surface area contributed by atoms with Crippen LogP contribution in [0.15, 0.2) is 42.5 Å². The van der Waals surface area contributed by atoms with Crippen molar-refractivity contribution in [2.45, 2.75) is 110 Å². The van der Waals surface area contributed by atoms with Gasteiger partial charge in [0, 0.05) is 53.9 Å². The van der Waals surface area contributed by atoms with Gasteiger partial charge in [-0.15, -0.1) is 0 Å². The summed E-state index contributed by atoms with van der Waals surface area (Å²) in [7, 11) is 1.59. The summed E-state index contributed by atoms with van der Waals surface area (Å²) < 4.78 is 40.5. The Morgan fingerprint density at radius 2 is 1.75 bits per heavy atom. The number of methoxy groups -OCH3 is 1. The molecule has 1 saturated carbocycles. The highest BCUT2D eigenvalue weighted by Gasteiger charge is 2.59. The Morgan fingerprint density at radius 1 is 1.07 bits per heavy atom. The Labute approximate surface area is 261 Å². The lowest BCUT2D eigenvalue weighted by Crippen LogP contribution is -2.50. The van der Waals surface area contributed by atoms with Gasteiger partial charge in [-0.2, -0.15) is 0 Å². The van der Waals surface area contributed by atoms with Crippen LogP contribution in [0.25, 0.3) is 0 Å². The number of likely N-dealkylation sites (tertiary alicyclic amines) is 1. The molecule has 1 saturated heterocycles. The van der Waals surface area contributed by atoms with Crippen LogP contribution in [-0.2, 0) is 26.3 Å². The number of alkyl halides is 2. The van der Waals surface area contributed by atoms with Crippen LogP contribution >= 0.6 is 0 Å². The lowest BCUT2D eigenvalue weighted by Gasteiger charge is -2.37. The molecule has 0 radical (unpaired) electrons. The maximum Gasteiger partial charge on any atom is 0.329 e. The highest BCUT2D eigenvalue weighted by molar-refractivity contribution is 5.88. The fraction of sp³-hybridized carbons (Fsp3) is 0.629. The van der Waals surface area contributed by atoms with Gasteiger partial charge in [0.05, 0.1) is 19.8 Å². The number of pyridine rings is 1. The first-order valence-corrected chi connectivity index (χ1v) is 15.8. The second kappa shape index (κ2) is 13.1. The Kier molecular flexibility index (Phi) is 10.1. The van der Waals surface area contributed by atoms with Crippen molar-refractivity contribution < 1.29 is 27.8 Å². The predicted molar refractivity (Wildman–Crippen MR) is 166 cm³/mol. The molecule has 4 rings (SSSR count). The van der Waals surface area contributed by atoms with Gasteiger partial charge < -0.3 is 19.7 Å². The summed E-state index contributed by atoms with van der Waals surface area (Å²) in [4.78, 5) is 34.6. The number of hydrogen-bond acceptors (Lipinski definition) is 6. The maximum absolute atomic E-state index is 14.6. The third-order valence-electron chi connectivity index (χ3n) is 9.01. The second-order valence-corrected chi connectivity index (χ2v) is 14.4. The molecular weight excluding hydrogens is 564 g/mol. The number of carbonyl (C=O) groups is 2. The van der Waals surface area contributed by atoms with E-state index in [1.165, 1.54) is 0 Å². The molecular formula is C35H49F2N3O4. The number of halogens is 2. The van der Waals surface area contributed by atoms with E-state index in [1.807, 2.05) is 63.2 Å². The van der Waals surface area contributed by atoms with E-state index in [1.54, 1.807) is 18.9 Å². The number of hydrogen-bond donors (Lipinski definition) is 1. The number of rotatable bonds is 8. The van der Waals surface area contributed by atoms with E-state index >= 15 is 0 Å². The zero-order valence-electron chi connectivity index (χ0n) is 27.5. The summed E-state index contributed by atoms with van der Waals surface area (Å²) in [5.74, 6) is -4.61. The molecule has 1 aromatic heterocycles. The van der Waals surface area contributed by atoms with Crippen LogP contribution in [0.1, 0.15) is 97.0 Å². The highest BCUT2D eigenvalue weighted by Crippen LogP contribution is 2.50. The van der Waals surface area contributed by atoms with Crippen LogP contribution in [0.4, 0.5) is 8.78 Å². The molecule has 1 aromatic carbocycles. The van der Waals surface area contributed by atoms with Crippen molar-refractivity contribution in [1.29, 1.82) is 0 Å². The van der Waals surface area contributed by atoms with Gasteiger partial charge in [-0.3, -0.25) is 4.79 Å². The second-order valence-electron chi connectivity index (χ2n) is 14.4. The SMILES string of the molecule is CCOC(=O)[C@@H]1[C@@H](C(C)(C)C)[C@H](NCc2ccc(C(C)(C)C)nc2OC)[C@H](c2ccccc2)N1C(=O)[C@@H]1CCCC(F)(F)C1. The van der Waals surface area contributed by atoms with Crippen LogP contribution in [0.5, 0.6) is 5.88 Å². The number of nitrogens with zero attached hydrogens (tertiary/aromatic N) is 2. The molecule has 0 spiro atoms. The van der Waals surface area contributed by atoms with Crippen LogP contribution in [0.3, 0.4) is 0 Å². The maximum atomic E-state index is 14.6. The summed E-state index contributed by atoms with van der Waals surface area (Å²) >= 11 is 0. The Balaban J connectivity index is 1.83. The average molecular weight is 614 g/mol. The van der Waals surface area contributed by atoms with E-state index < -0.39 is 59.6 Å². The molecule has 2 heterocycles. The number of carbonyl (C=O) groups excluding carboxylic acids is 2. The minimum atomic E-state index is -2.91. The first-order chi connectivity index (χ1) is 20.6. The highest BCUT2D eigenvalue weighted by atomic mass is 19.3. The van der Waals surface area contributed by atoms with Crippen molar-refractivity contribution in [3.8, 4) is 5.88 Å². The predicted octanol–water partition coefficient (Wildman–Crippen LogP) is 6.85. The van der Waals surface area contributed by atoms with Gasteiger partial charge in [-0.1, -0.05) is 77.9 Å². The zero-order valence-corrected chi connectivity index (χ0v) is 27.5. The van der Waals surface area contributed by atoms with E-state index in [4.69, 9.17) is 14.5 Å². The van der Waals surface area contributed by atoms with Gasteiger partial charge in [-0.25, -0.2) is 18.6 Å². The minimum absolute atomic E-state index is 0.146. The molecule has 2 aromatic rings. The van der Waals surface area contributed by atoms with Gasteiger partial charge in [0.2, 0.25) is 17.7 Å². The number of aromatic nitrogens is 1. The fourth-order valence-electron chi connectivity index (χ4n) is 6.96. The Bertz CT molecular complexity index is 1310. The Hall–Kier alpha value is -3.07. The van der Waals surface area contributed by atoms with E-state index in [2.05, 4.69) is 26.1 Å². The summed E-state index contributed by atoms with van der Waals surface area (Å²) in [6.07, 6.45) is -0.109. The quantitative estimate of drug-likeness (QED) is 0.328. The van der Waals surface area contributed by atoms with E-state index in [-0.39, 0.29) is 24.9 Å². The number of benzene rings is 1. The van der Waals surface area contributed by atoms with Crippen molar-refractivity contribution >= 4 is 11.9 Å². The monoisotopic (exact) mass is 613 g/mol.